The van der Waals surface area contributed by atoms with E-state index >= 15 is 0 Å². The first kappa shape index (κ1) is 14.2. The van der Waals surface area contributed by atoms with Gasteiger partial charge in [0.05, 0.1) is 10.4 Å². The lowest BCUT2D eigenvalue weighted by molar-refractivity contribution is -0.384. The number of nitrogens with zero attached hydrogens (tertiary/aromatic N) is 2. The highest BCUT2D eigenvalue weighted by atomic mass is 16.6. The second-order valence-electron chi connectivity index (χ2n) is 4.50. The second kappa shape index (κ2) is 6.81. The summed E-state index contributed by atoms with van der Waals surface area (Å²) in [5.41, 5.74) is 1.24. The molecule has 6 heteroatoms. The molecule has 1 heterocycles. The maximum Gasteiger partial charge on any atom is 0.311 e. The number of anilines is 1. The molecule has 1 aromatic heterocycles. The summed E-state index contributed by atoms with van der Waals surface area (Å²) >= 11 is 0. The van der Waals surface area contributed by atoms with Crippen LogP contribution in [0.3, 0.4) is 0 Å². The van der Waals surface area contributed by atoms with E-state index in [4.69, 9.17) is 5.11 Å². The molecule has 0 unspecified atom stereocenters. The Bertz CT molecular complexity index is 601. The smallest absolute Gasteiger partial charge is 0.311 e. The zero-order chi connectivity index (χ0) is 14.4. The predicted octanol–water partition coefficient (Wildman–Crippen LogP) is 2.72. The molecule has 0 atom stereocenters. The molecule has 2 rings (SSSR count). The van der Waals surface area contributed by atoms with Crippen molar-refractivity contribution < 1.29 is 10.0 Å². The number of aliphatic hydroxyl groups excluding tert-OH is 1. The van der Waals surface area contributed by atoms with Crippen LogP contribution in [0.1, 0.15) is 19.3 Å². The Morgan fingerprint density at radius 3 is 2.80 bits per heavy atom. The van der Waals surface area contributed by atoms with Crippen molar-refractivity contribution in [2.24, 2.45) is 0 Å². The highest BCUT2D eigenvalue weighted by Gasteiger charge is 2.17. The van der Waals surface area contributed by atoms with Gasteiger partial charge in [-0.25, -0.2) is 4.98 Å². The van der Waals surface area contributed by atoms with Gasteiger partial charge in [0.1, 0.15) is 11.9 Å². The van der Waals surface area contributed by atoms with Crippen LogP contribution in [0, 0.1) is 10.1 Å². The minimum atomic E-state index is -0.421. The van der Waals surface area contributed by atoms with Crippen LogP contribution in [-0.2, 0) is 0 Å². The van der Waals surface area contributed by atoms with Gasteiger partial charge in [-0.15, -0.1) is 0 Å². The summed E-state index contributed by atoms with van der Waals surface area (Å²) in [5, 5.41) is 23.7. The number of fused-ring (bicyclic) bond motifs is 1. The number of rotatable bonds is 7. The van der Waals surface area contributed by atoms with Gasteiger partial charge in [-0.1, -0.05) is 18.2 Å². The van der Waals surface area contributed by atoms with Gasteiger partial charge in [-0.2, -0.15) is 0 Å². The highest BCUT2D eigenvalue weighted by molar-refractivity contribution is 5.95. The largest absolute Gasteiger partial charge is 0.396 e. The van der Waals surface area contributed by atoms with Crippen molar-refractivity contribution in [3.8, 4) is 0 Å². The lowest BCUT2D eigenvalue weighted by atomic mass is 10.1. The minimum Gasteiger partial charge on any atom is -0.396 e. The van der Waals surface area contributed by atoms with Gasteiger partial charge in [-0.3, -0.25) is 10.1 Å². The summed E-state index contributed by atoms with van der Waals surface area (Å²) in [6.45, 7) is 0.813. The molecular formula is C14H17N3O3. The molecule has 1 aromatic carbocycles. The highest BCUT2D eigenvalue weighted by Crippen LogP contribution is 2.31. The quantitative estimate of drug-likeness (QED) is 0.461. The molecule has 20 heavy (non-hydrogen) atoms. The molecule has 106 valence electrons. The zero-order valence-electron chi connectivity index (χ0n) is 11.1. The van der Waals surface area contributed by atoms with Gasteiger partial charge in [0.2, 0.25) is 0 Å². The van der Waals surface area contributed by atoms with Crippen LogP contribution in [0.25, 0.3) is 10.9 Å². The van der Waals surface area contributed by atoms with Crippen LogP contribution in [0.15, 0.2) is 30.5 Å². The van der Waals surface area contributed by atoms with Crippen LogP contribution in [0.4, 0.5) is 11.4 Å². The van der Waals surface area contributed by atoms with Crippen LogP contribution in [0.2, 0.25) is 0 Å². The van der Waals surface area contributed by atoms with E-state index in [2.05, 4.69) is 10.3 Å². The molecule has 6 nitrogen and oxygen atoms in total. The van der Waals surface area contributed by atoms with Crippen LogP contribution >= 0.6 is 0 Å². The summed E-state index contributed by atoms with van der Waals surface area (Å²) < 4.78 is 0. The first-order valence-corrected chi connectivity index (χ1v) is 6.61. The lowest BCUT2D eigenvalue weighted by Crippen LogP contribution is -2.06. The molecule has 0 aliphatic rings. The number of unbranched alkanes of at least 4 members (excludes halogenated alkanes) is 2. The molecular weight excluding hydrogens is 258 g/mol. The molecule has 0 spiro atoms. The Hall–Kier alpha value is -2.21. The van der Waals surface area contributed by atoms with E-state index in [0.717, 1.165) is 30.2 Å². The molecule has 0 radical (unpaired) electrons. The van der Waals surface area contributed by atoms with Gasteiger partial charge in [0, 0.05) is 18.5 Å². The van der Waals surface area contributed by atoms with Gasteiger partial charge in [0.25, 0.3) is 0 Å². The average molecular weight is 275 g/mol. The van der Waals surface area contributed by atoms with Crippen molar-refractivity contribution in [1.29, 1.82) is 0 Å². The minimum absolute atomic E-state index is 0.00846. The van der Waals surface area contributed by atoms with E-state index in [0.29, 0.717) is 12.2 Å². The number of nitrogens with one attached hydrogen (secondary N) is 1. The zero-order valence-corrected chi connectivity index (χ0v) is 11.1. The maximum absolute atomic E-state index is 11.1. The van der Waals surface area contributed by atoms with Crippen LogP contribution in [-0.4, -0.2) is 28.2 Å². The summed E-state index contributed by atoms with van der Waals surface area (Å²) in [6, 6.07) is 7.35. The normalized spacial score (nSPS) is 10.7. The third kappa shape index (κ3) is 3.21. The standard InChI is InChI=1S/C14H17N3O3/c18-9-5-1-4-8-15-14-11-6-2-3-7-12(11)16-10-13(14)17(19)20/h2-3,6-7,10,18H,1,4-5,8-9H2,(H,15,16). The monoisotopic (exact) mass is 275 g/mol. The van der Waals surface area contributed by atoms with Crippen molar-refractivity contribution in [3.05, 3.63) is 40.6 Å². The molecule has 0 amide bonds. The third-order valence-electron chi connectivity index (χ3n) is 3.09. The Labute approximate surface area is 116 Å². The first-order chi connectivity index (χ1) is 9.74. The fourth-order valence-corrected chi connectivity index (χ4v) is 2.08. The van der Waals surface area contributed by atoms with E-state index < -0.39 is 4.92 Å². The van der Waals surface area contributed by atoms with Crippen molar-refractivity contribution >= 4 is 22.3 Å². The van der Waals surface area contributed by atoms with E-state index in [9.17, 15) is 10.1 Å². The van der Waals surface area contributed by atoms with Crippen molar-refractivity contribution in [1.82, 2.24) is 4.98 Å². The summed E-state index contributed by atoms with van der Waals surface area (Å²) in [6.07, 6.45) is 3.79. The van der Waals surface area contributed by atoms with Gasteiger partial charge >= 0.3 is 5.69 Å². The average Bonchev–Trinajstić information content (AvgIpc) is 2.46. The molecule has 2 N–H and O–H groups in total. The topological polar surface area (TPSA) is 88.3 Å². The number of hydrogen-bond donors (Lipinski definition) is 2. The number of para-hydroxylation sites is 1. The molecule has 0 saturated heterocycles. The number of nitro groups is 1. The maximum atomic E-state index is 11.1. The molecule has 0 saturated carbocycles. The van der Waals surface area contributed by atoms with Crippen LogP contribution in [0.5, 0.6) is 0 Å². The predicted molar refractivity (Wildman–Crippen MR) is 77.8 cm³/mol. The number of aromatic nitrogens is 1. The van der Waals surface area contributed by atoms with E-state index in [-0.39, 0.29) is 12.3 Å². The Kier molecular flexibility index (Phi) is 4.84. The van der Waals surface area contributed by atoms with Crippen molar-refractivity contribution in [3.63, 3.8) is 0 Å². The Morgan fingerprint density at radius 2 is 2.05 bits per heavy atom. The molecule has 0 fully saturated rings. The van der Waals surface area contributed by atoms with Gasteiger partial charge in [-0.05, 0) is 25.3 Å². The molecule has 0 aliphatic heterocycles. The van der Waals surface area contributed by atoms with Crippen LogP contribution < -0.4 is 5.32 Å². The SMILES string of the molecule is O=[N+]([O-])c1cnc2ccccc2c1NCCCCCO. The fourth-order valence-electron chi connectivity index (χ4n) is 2.08. The van der Waals surface area contributed by atoms with Crippen molar-refractivity contribution in [2.45, 2.75) is 19.3 Å². The summed E-state index contributed by atoms with van der Waals surface area (Å²) in [5.74, 6) is 0. The Balaban J connectivity index is 2.23. The molecule has 0 bridgehead atoms. The van der Waals surface area contributed by atoms with Gasteiger partial charge < -0.3 is 10.4 Å². The second-order valence-corrected chi connectivity index (χ2v) is 4.50. The molecule has 2 aromatic rings. The first-order valence-electron chi connectivity index (χ1n) is 6.61. The van der Waals surface area contributed by atoms with Crippen molar-refractivity contribution in [2.75, 3.05) is 18.5 Å². The lowest BCUT2D eigenvalue weighted by Gasteiger charge is -2.09. The summed E-state index contributed by atoms with van der Waals surface area (Å²) in [4.78, 5) is 14.8. The van der Waals surface area contributed by atoms with E-state index in [1.165, 1.54) is 6.20 Å². The fraction of sp³-hybridized carbons (Fsp3) is 0.357. The third-order valence-corrected chi connectivity index (χ3v) is 3.09. The number of pyridine rings is 1. The summed E-state index contributed by atoms with van der Waals surface area (Å²) in [7, 11) is 0. The van der Waals surface area contributed by atoms with Gasteiger partial charge in [0.15, 0.2) is 0 Å². The van der Waals surface area contributed by atoms with E-state index in [1.54, 1.807) is 0 Å². The number of hydrogen-bond acceptors (Lipinski definition) is 5. The number of benzene rings is 1. The Morgan fingerprint density at radius 1 is 1.25 bits per heavy atom. The number of aliphatic hydroxyl groups is 1. The molecule has 0 aliphatic carbocycles. The van der Waals surface area contributed by atoms with E-state index in [1.807, 2.05) is 24.3 Å².